The van der Waals surface area contributed by atoms with E-state index < -0.39 is 11.7 Å². The number of aliphatic imine (C=N–C) groups is 1. The molecule has 2 rings (SSSR count). The summed E-state index contributed by atoms with van der Waals surface area (Å²) < 4.78 is 36.9. The lowest BCUT2D eigenvalue weighted by atomic mass is 10.1. The molecule has 1 aliphatic heterocycles. The van der Waals surface area contributed by atoms with Gasteiger partial charge in [-0.2, -0.15) is 13.2 Å². The summed E-state index contributed by atoms with van der Waals surface area (Å²) in [6, 6.07) is 3.51. The van der Waals surface area contributed by atoms with Crippen molar-refractivity contribution in [2.45, 2.75) is 12.7 Å². The first-order valence-electron chi connectivity index (χ1n) is 3.99. The molecule has 1 aromatic rings. The van der Waals surface area contributed by atoms with Gasteiger partial charge in [0.2, 0.25) is 0 Å². The SMILES string of the molecule is NC1=NCc2ccc(C(F)(F)F)cc21. The second kappa shape index (κ2) is 2.73. The fraction of sp³-hybridized carbons (Fsp3) is 0.222. The number of nitrogens with two attached hydrogens (primary N) is 1. The van der Waals surface area contributed by atoms with Gasteiger partial charge in [-0.05, 0) is 17.7 Å². The number of amidine groups is 1. The van der Waals surface area contributed by atoms with Gasteiger partial charge in [-0.15, -0.1) is 0 Å². The summed E-state index contributed by atoms with van der Waals surface area (Å²) in [5, 5.41) is 0. The Kier molecular flexibility index (Phi) is 1.77. The largest absolute Gasteiger partial charge is 0.416 e. The van der Waals surface area contributed by atoms with Crippen LogP contribution in [-0.4, -0.2) is 5.84 Å². The molecule has 0 spiro atoms. The molecule has 0 atom stereocenters. The second-order valence-electron chi connectivity index (χ2n) is 3.07. The van der Waals surface area contributed by atoms with Crippen molar-refractivity contribution in [2.24, 2.45) is 10.7 Å². The number of nitrogens with zero attached hydrogens (tertiary/aromatic N) is 1. The average molecular weight is 200 g/mol. The molecule has 14 heavy (non-hydrogen) atoms. The standard InChI is InChI=1S/C9H7F3N2/c10-9(11,12)6-2-1-5-4-14-8(13)7(5)3-6/h1-3H,4H2,(H2,13,14). The van der Waals surface area contributed by atoms with E-state index >= 15 is 0 Å². The summed E-state index contributed by atoms with van der Waals surface area (Å²) in [6.07, 6.45) is -4.32. The molecule has 1 heterocycles. The highest BCUT2D eigenvalue weighted by atomic mass is 19.4. The van der Waals surface area contributed by atoms with E-state index in [0.717, 1.165) is 17.7 Å². The lowest BCUT2D eigenvalue weighted by Gasteiger charge is -2.08. The Labute approximate surface area is 78.3 Å². The number of halogens is 3. The van der Waals surface area contributed by atoms with Crippen molar-refractivity contribution in [3.05, 3.63) is 34.9 Å². The van der Waals surface area contributed by atoms with Crippen molar-refractivity contribution in [3.8, 4) is 0 Å². The van der Waals surface area contributed by atoms with Crippen molar-refractivity contribution in [2.75, 3.05) is 0 Å². The van der Waals surface area contributed by atoms with E-state index in [2.05, 4.69) is 4.99 Å². The number of hydrogen-bond acceptors (Lipinski definition) is 2. The number of fused-ring (bicyclic) bond motifs is 1. The van der Waals surface area contributed by atoms with Crippen LogP contribution in [0.3, 0.4) is 0 Å². The Balaban J connectivity index is 2.50. The van der Waals surface area contributed by atoms with Gasteiger partial charge in [-0.25, -0.2) is 0 Å². The van der Waals surface area contributed by atoms with Crippen LogP contribution >= 0.6 is 0 Å². The number of alkyl halides is 3. The highest BCUT2D eigenvalue weighted by Gasteiger charge is 2.31. The normalized spacial score (nSPS) is 15.2. The number of benzene rings is 1. The molecule has 0 bridgehead atoms. The van der Waals surface area contributed by atoms with E-state index in [0.29, 0.717) is 12.1 Å². The molecule has 0 aromatic heterocycles. The van der Waals surface area contributed by atoms with Gasteiger partial charge in [0.05, 0.1) is 12.1 Å². The molecule has 0 radical (unpaired) electrons. The van der Waals surface area contributed by atoms with Gasteiger partial charge in [-0.3, -0.25) is 4.99 Å². The van der Waals surface area contributed by atoms with E-state index in [1.54, 1.807) is 0 Å². The Morgan fingerprint density at radius 2 is 2.00 bits per heavy atom. The number of hydrogen-bond donors (Lipinski definition) is 1. The zero-order valence-electron chi connectivity index (χ0n) is 7.10. The third-order valence-electron chi connectivity index (χ3n) is 2.13. The molecule has 2 nitrogen and oxygen atoms in total. The van der Waals surface area contributed by atoms with Crippen molar-refractivity contribution < 1.29 is 13.2 Å². The molecule has 0 fully saturated rings. The van der Waals surface area contributed by atoms with E-state index in [9.17, 15) is 13.2 Å². The fourth-order valence-corrected chi connectivity index (χ4v) is 1.38. The van der Waals surface area contributed by atoms with Gasteiger partial charge in [0, 0.05) is 5.56 Å². The summed E-state index contributed by atoms with van der Waals surface area (Å²) in [6.45, 7) is 0.374. The zero-order valence-corrected chi connectivity index (χ0v) is 7.10. The van der Waals surface area contributed by atoms with Crippen molar-refractivity contribution in [1.82, 2.24) is 0 Å². The molecule has 0 aliphatic carbocycles. The minimum absolute atomic E-state index is 0.186. The monoisotopic (exact) mass is 200 g/mol. The number of rotatable bonds is 0. The maximum Gasteiger partial charge on any atom is 0.416 e. The Bertz CT molecular complexity index is 407. The highest BCUT2D eigenvalue weighted by molar-refractivity contribution is 6.00. The van der Waals surface area contributed by atoms with Crippen LogP contribution in [0, 0.1) is 0 Å². The fourth-order valence-electron chi connectivity index (χ4n) is 1.38. The quantitative estimate of drug-likeness (QED) is 0.682. The van der Waals surface area contributed by atoms with Gasteiger partial charge >= 0.3 is 6.18 Å². The van der Waals surface area contributed by atoms with Crippen LogP contribution in [0.15, 0.2) is 23.2 Å². The van der Waals surface area contributed by atoms with E-state index in [-0.39, 0.29) is 5.84 Å². The third kappa shape index (κ3) is 1.34. The predicted octanol–water partition coefficient (Wildman–Crippen LogP) is 1.92. The van der Waals surface area contributed by atoms with E-state index in [4.69, 9.17) is 5.73 Å². The van der Waals surface area contributed by atoms with Crippen LogP contribution < -0.4 is 5.73 Å². The minimum Gasteiger partial charge on any atom is -0.383 e. The molecule has 0 amide bonds. The van der Waals surface area contributed by atoms with Gasteiger partial charge in [-0.1, -0.05) is 6.07 Å². The van der Waals surface area contributed by atoms with Crippen molar-refractivity contribution in [1.29, 1.82) is 0 Å². The first-order valence-corrected chi connectivity index (χ1v) is 3.99. The summed E-state index contributed by atoms with van der Waals surface area (Å²) in [4.78, 5) is 3.85. The Morgan fingerprint density at radius 1 is 1.29 bits per heavy atom. The molecule has 2 N–H and O–H groups in total. The van der Waals surface area contributed by atoms with Gasteiger partial charge in [0.15, 0.2) is 0 Å². The van der Waals surface area contributed by atoms with E-state index in [1.807, 2.05) is 0 Å². The third-order valence-corrected chi connectivity index (χ3v) is 2.13. The lowest BCUT2D eigenvalue weighted by Crippen LogP contribution is -2.13. The molecule has 0 saturated heterocycles. The van der Waals surface area contributed by atoms with Crippen molar-refractivity contribution in [3.63, 3.8) is 0 Å². The second-order valence-corrected chi connectivity index (χ2v) is 3.07. The summed E-state index contributed by atoms with van der Waals surface area (Å²) in [5.74, 6) is 0.186. The summed E-state index contributed by atoms with van der Waals surface area (Å²) in [5.41, 5.74) is 5.91. The summed E-state index contributed by atoms with van der Waals surface area (Å²) in [7, 11) is 0. The van der Waals surface area contributed by atoms with Crippen LogP contribution in [-0.2, 0) is 12.7 Å². The summed E-state index contributed by atoms with van der Waals surface area (Å²) >= 11 is 0. The molecule has 1 aliphatic rings. The molecule has 0 saturated carbocycles. The smallest absolute Gasteiger partial charge is 0.383 e. The lowest BCUT2D eigenvalue weighted by molar-refractivity contribution is -0.137. The van der Waals surface area contributed by atoms with Crippen LogP contribution in [0.2, 0.25) is 0 Å². The molecular weight excluding hydrogens is 193 g/mol. The van der Waals surface area contributed by atoms with Crippen LogP contribution in [0.25, 0.3) is 0 Å². The van der Waals surface area contributed by atoms with Crippen LogP contribution in [0.1, 0.15) is 16.7 Å². The van der Waals surface area contributed by atoms with Crippen LogP contribution in [0.4, 0.5) is 13.2 Å². The predicted molar refractivity (Wildman–Crippen MR) is 45.9 cm³/mol. The van der Waals surface area contributed by atoms with Gasteiger partial charge in [0.1, 0.15) is 5.84 Å². The molecule has 5 heteroatoms. The molecule has 0 unspecified atom stereocenters. The topological polar surface area (TPSA) is 38.4 Å². The Hall–Kier alpha value is -1.52. The highest BCUT2D eigenvalue weighted by Crippen LogP contribution is 2.31. The van der Waals surface area contributed by atoms with Gasteiger partial charge in [0.25, 0.3) is 0 Å². The van der Waals surface area contributed by atoms with E-state index in [1.165, 1.54) is 6.07 Å². The zero-order chi connectivity index (χ0) is 10.3. The molecule has 74 valence electrons. The van der Waals surface area contributed by atoms with Gasteiger partial charge < -0.3 is 5.73 Å². The average Bonchev–Trinajstić information content (AvgIpc) is 2.46. The minimum atomic E-state index is -4.32. The maximum atomic E-state index is 12.3. The first kappa shape index (κ1) is 9.05. The molecular formula is C9H7F3N2. The first-order chi connectivity index (χ1) is 6.48. The molecule has 1 aromatic carbocycles. The maximum absolute atomic E-state index is 12.3. The van der Waals surface area contributed by atoms with Crippen molar-refractivity contribution >= 4 is 5.84 Å². The van der Waals surface area contributed by atoms with Crippen LogP contribution in [0.5, 0.6) is 0 Å². The Morgan fingerprint density at radius 3 is 2.64 bits per heavy atom.